The monoisotopic (exact) mass is 276 g/mol. The molecule has 3 N–H and O–H groups in total. The number of hydrogen-bond acceptors (Lipinski definition) is 4. The highest BCUT2D eigenvalue weighted by molar-refractivity contribution is 7.98. The molecule has 1 unspecified atom stereocenters. The second-order valence-corrected chi connectivity index (χ2v) is 5.23. The average Bonchev–Trinajstić information content (AvgIpc) is 2.89. The van der Waals surface area contributed by atoms with Gasteiger partial charge >= 0.3 is 0 Å². The van der Waals surface area contributed by atoms with Crippen molar-refractivity contribution < 1.29 is 0 Å². The van der Waals surface area contributed by atoms with Gasteiger partial charge in [-0.25, -0.2) is 5.43 Å². The molecule has 0 radical (unpaired) electrons. The van der Waals surface area contributed by atoms with E-state index in [4.69, 9.17) is 5.84 Å². The van der Waals surface area contributed by atoms with Crippen LogP contribution in [0, 0.1) is 0 Å². The van der Waals surface area contributed by atoms with Crippen LogP contribution < -0.4 is 11.3 Å². The number of benzene rings is 1. The van der Waals surface area contributed by atoms with E-state index in [0.717, 1.165) is 18.5 Å². The zero-order valence-corrected chi connectivity index (χ0v) is 12.2. The summed E-state index contributed by atoms with van der Waals surface area (Å²) in [6.45, 7) is 3.07. The van der Waals surface area contributed by atoms with Gasteiger partial charge in [-0.3, -0.25) is 10.5 Å². The molecule has 0 fully saturated rings. The third-order valence-corrected chi connectivity index (χ3v) is 3.87. The van der Waals surface area contributed by atoms with Crippen LogP contribution in [0.4, 0.5) is 0 Å². The van der Waals surface area contributed by atoms with Gasteiger partial charge in [-0.05, 0) is 24.3 Å². The lowest BCUT2D eigenvalue weighted by Gasteiger charge is -2.17. The fourth-order valence-corrected chi connectivity index (χ4v) is 2.79. The van der Waals surface area contributed by atoms with E-state index in [1.165, 1.54) is 10.5 Å². The van der Waals surface area contributed by atoms with Crippen molar-refractivity contribution in [2.24, 2.45) is 5.84 Å². The molecule has 4 nitrogen and oxygen atoms in total. The molecule has 1 atom stereocenters. The van der Waals surface area contributed by atoms with Crippen molar-refractivity contribution in [1.82, 2.24) is 15.2 Å². The Kier molecular flexibility index (Phi) is 5.01. The first-order valence-electron chi connectivity index (χ1n) is 6.41. The van der Waals surface area contributed by atoms with Crippen LogP contribution in [0.2, 0.25) is 0 Å². The van der Waals surface area contributed by atoms with E-state index in [1.54, 1.807) is 11.8 Å². The van der Waals surface area contributed by atoms with Crippen LogP contribution in [0.15, 0.2) is 41.6 Å². The van der Waals surface area contributed by atoms with E-state index in [1.807, 2.05) is 23.0 Å². The molecule has 2 rings (SSSR count). The Bertz CT molecular complexity index is 524. The van der Waals surface area contributed by atoms with Crippen LogP contribution >= 0.6 is 11.8 Å². The lowest BCUT2D eigenvalue weighted by Crippen LogP contribution is -2.29. The van der Waals surface area contributed by atoms with Gasteiger partial charge in [-0.1, -0.05) is 25.1 Å². The first-order chi connectivity index (χ1) is 9.30. The quantitative estimate of drug-likeness (QED) is 0.484. The Morgan fingerprint density at radius 3 is 2.89 bits per heavy atom. The molecule has 0 aliphatic heterocycles. The number of nitrogens with two attached hydrogens (primary N) is 1. The van der Waals surface area contributed by atoms with Gasteiger partial charge in [0.05, 0.1) is 12.2 Å². The Hall–Kier alpha value is -1.30. The highest BCUT2D eigenvalue weighted by atomic mass is 32.2. The molecule has 102 valence electrons. The van der Waals surface area contributed by atoms with Gasteiger partial charge in [-0.2, -0.15) is 5.10 Å². The predicted molar refractivity (Wildman–Crippen MR) is 79.9 cm³/mol. The molecule has 0 amide bonds. The molecule has 19 heavy (non-hydrogen) atoms. The lowest BCUT2D eigenvalue weighted by atomic mass is 10.0. The zero-order valence-electron chi connectivity index (χ0n) is 11.3. The molecule has 1 heterocycles. The minimum atomic E-state index is -0.0192. The molecule has 0 saturated heterocycles. The van der Waals surface area contributed by atoms with Crippen LogP contribution in [0.5, 0.6) is 0 Å². The van der Waals surface area contributed by atoms with Crippen LogP contribution in [-0.2, 0) is 6.54 Å². The summed E-state index contributed by atoms with van der Waals surface area (Å²) < 4.78 is 1.96. The van der Waals surface area contributed by atoms with Crippen LogP contribution in [-0.4, -0.2) is 16.0 Å². The summed E-state index contributed by atoms with van der Waals surface area (Å²) in [5.41, 5.74) is 5.18. The number of aromatic nitrogens is 2. The van der Waals surface area contributed by atoms with E-state index in [-0.39, 0.29) is 6.04 Å². The molecular formula is C14H20N4S. The van der Waals surface area contributed by atoms with Crippen LogP contribution in [0.25, 0.3) is 0 Å². The summed E-state index contributed by atoms with van der Waals surface area (Å²) in [4.78, 5) is 1.23. The molecule has 0 aliphatic carbocycles. The maximum absolute atomic E-state index is 5.75. The lowest BCUT2D eigenvalue weighted by molar-refractivity contribution is 0.596. The van der Waals surface area contributed by atoms with Crippen molar-refractivity contribution in [3.8, 4) is 0 Å². The maximum atomic E-state index is 5.75. The minimum absolute atomic E-state index is 0.0192. The van der Waals surface area contributed by atoms with Gasteiger partial charge in [0.2, 0.25) is 0 Å². The Morgan fingerprint density at radius 1 is 1.42 bits per heavy atom. The van der Waals surface area contributed by atoms with Crippen LogP contribution in [0.1, 0.15) is 30.5 Å². The summed E-state index contributed by atoms with van der Waals surface area (Å²) in [6.07, 6.45) is 7.10. The summed E-state index contributed by atoms with van der Waals surface area (Å²) in [7, 11) is 0. The standard InChI is InChI=1S/C14H20N4S/c1-3-8-18-10-11(9-16-18)14(17-15)12-6-4-5-7-13(12)19-2/h4-7,9-10,14,17H,3,8,15H2,1-2H3. The first-order valence-corrected chi connectivity index (χ1v) is 7.64. The van der Waals surface area contributed by atoms with Crippen molar-refractivity contribution in [3.05, 3.63) is 47.8 Å². The number of aryl methyl sites for hydroxylation is 1. The van der Waals surface area contributed by atoms with Gasteiger partial charge in [-0.15, -0.1) is 11.8 Å². The van der Waals surface area contributed by atoms with Crippen molar-refractivity contribution in [3.63, 3.8) is 0 Å². The maximum Gasteiger partial charge on any atom is 0.0751 e. The van der Waals surface area contributed by atoms with Crippen molar-refractivity contribution in [2.45, 2.75) is 30.8 Å². The summed E-state index contributed by atoms with van der Waals surface area (Å²) in [5, 5.41) is 4.37. The molecule has 0 saturated carbocycles. The molecule has 2 aromatic rings. The van der Waals surface area contributed by atoms with Gasteiger partial charge in [0.15, 0.2) is 0 Å². The molecule has 1 aromatic heterocycles. The average molecular weight is 276 g/mol. The van der Waals surface area contributed by atoms with E-state index in [9.17, 15) is 0 Å². The van der Waals surface area contributed by atoms with Gasteiger partial charge < -0.3 is 0 Å². The fraction of sp³-hybridized carbons (Fsp3) is 0.357. The van der Waals surface area contributed by atoms with E-state index < -0.39 is 0 Å². The predicted octanol–water partition coefficient (Wildman–Crippen LogP) is 2.57. The SMILES string of the molecule is CCCn1cc(C(NN)c2ccccc2SC)cn1. The molecular weight excluding hydrogens is 256 g/mol. The van der Waals surface area contributed by atoms with Crippen LogP contribution in [0.3, 0.4) is 0 Å². The second kappa shape index (κ2) is 6.75. The Labute approximate surface area is 118 Å². The van der Waals surface area contributed by atoms with Crippen molar-refractivity contribution in [1.29, 1.82) is 0 Å². The Morgan fingerprint density at radius 2 is 2.21 bits per heavy atom. The van der Waals surface area contributed by atoms with E-state index in [2.05, 4.69) is 42.0 Å². The number of rotatable bonds is 6. The number of hydrazine groups is 1. The van der Waals surface area contributed by atoms with E-state index >= 15 is 0 Å². The highest BCUT2D eigenvalue weighted by Crippen LogP contribution is 2.29. The van der Waals surface area contributed by atoms with Gasteiger partial charge in [0, 0.05) is 23.2 Å². The van der Waals surface area contributed by atoms with Gasteiger partial charge in [0.25, 0.3) is 0 Å². The first kappa shape index (κ1) is 14.1. The smallest absolute Gasteiger partial charge is 0.0751 e. The second-order valence-electron chi connectivity index (χ2n) is 4.38. The third kappa shape index (κ3) is 3.18. The Balaban J connectivity index is 2.32. The van der Waals surface area contributed by atoms with E-state index in [0.29, 0.717) is 0 Å². The molecule has 0 bridgehead atoms. The zero-order chi connectivity index (χ0) is 13.7. The fourth-order valence-electron chi connectivity index (χ4n) is 2.15. The highest BCUT2D eigenvalue weighted by Gasteiger charge is 2.17. The number of nitrogens with one attached hydrogen (secondary N) is 1. The number of nitrogens with zero attached hydrogens (tertiary/aromatic N) is 2. The summed E-state index contributed by atoms with van der Waals surface area (Å²) in [5.74, 6) is 5.75. The number of thioether (sulfide) groups is 1. The summed E-state index contributed by atoms with van der Waals surface area (Å²) >= 11 is 1.73. The topological polar surface area (TPSA) is 55.9 Å². The molecule has 5 heteroatoms. The minimum Gasteiger partial charge on any atom is -0.272 e. The van der Waals surface area contributed by atoms with Crippen molar-refractivity contribution >= 4 is 11.8 Å². The normalized spacial score (nSPS) is 12.6. The summed E-state index contributed by atoms with van der Waals surface area (Å²) in [6, 6.07) is 8.28. The largest absolute Gasteiger partial charge is 0.272 e. The molecule has 0 aliphatic rings. The third-order valence-electron chi connectivity index (χ3n) is 3.06. The molecule has 0 spiro atoms. The number of hydrogen-bond donors (Lipinski definition) is 2. The van der Waals surface area contributed by atoms with Gasteiger partial charge in [0.1, 0.15) is 0 Å². The molecule has 1 aromatic carbocycles. The van der Waals surface area contributed by atoms with Crippen molar-refractivity contribution in [2.75, 3.05) is 6.26 Å².